The Kier molecular flexibility index (Phi) is 3.65. The van der Waals surface area contributed by atoms with E-state index in [4.69, 9.17) is 9.84 Å². The fourth-order valence-corrected chi connectivity index (χ4v) is 2.14. The van der Waals surface area contributed by atoms with Crippen molar-refractivity contribution >= 4 is 15.6 Å². The Morgan fingerprint density at radius 3 is 3.00 bits per heavy atom. The third kappa shape index (κ3) is 2.43. The number of aliphatic hydroxyl groups is 2. The van der Waals surface area contributed by atoms with Gasteiger partial charge in [0.15, 0.2) is 0 Å². The van der Waals surface area contributed by atoms with Gasteiger partial charge in [-0.2, -0.15) is 0 Å². The number of H-pyrrole nitrogens is 1. The summed E-state index contributed by atoms with van der Waals surface area (Å²) in [4.78, 5) is 14.4. The normalized spacial score (nSPS) is 28.5. The van der Waals surface area contributed by atoms with Crippen molar-refractivity contribution in [3.05, 3.63) is 26.4 Å². The van der Waals surface area contributed by atoms with Crippen LogP contribution in [0.15, 0.2) is 11.0 Å². The first kappa shape index (κ1) is 12.7. The molecule has 1 aliphatic heterocycles. The zero-order valence-electron chi connectivity index (χ0n) is 9.29. The van der Waals surface area contributed by atoms with Gasteiger partial charge in [0.2, 0.25) is 0 Å². The molecule has 0 unspecified atom stereocenters. The number of hydrogen-bond donors (Lipinski definition) is 3. The van der Waals surface area contributed by atoms with E-state index in [2.05, 4.69) is 20.6 Å². The molecule has 1 aliphatic rings. The van der Waals surface area contributed by atoms with Crippen LogP contribution in [0.4, 0.5) is 0 Å². The molecule has 1 fully saturated rings. The molecular formula is C10H14N2O4Se. The van der Waals surface area contributed by atoms with E-state index in [-0.39, 0.29) is 12.3 Å². The maximum absolute atomic E-state index is 11.7. The summed E-state index contributed by atoms with van der Waals surface area (Å²) in [5, 5.41) is 18.6. The second kappa shape index (κ2) is 4.88. The van der Waals surface area contributed by atoms with Crippen molar-refractivity contribution in [1.82, 2.24) is 9.55 Å². The SMILES string of the molecule is Cc1cn([C@H]2C[C@H](O)[C@@H](CO)O2)c(=O)[nH]c1=[Se]. The topological polar surface area (TPSA) is 87.5 Å². The Labute approximate surface area is 105 Å². The fourth-order valence-electron chi connectivity index (χ4n) is 1.85. The first-order chi connectivity index (χ1) is 8.02. The van der Waals surface area contributed by atoms with Crippen LogP contribution < -0.4 is 5.69 Å². The van der Waals surface area contributed by atoms with Crippen molar-refractivity contribution in [2.24, 2.45) is 0 Å². The predicted molar refractivity (Wildman–Crippen MR) is 60.4 cm³/mol. The molecule has 6 nitrogen and oxygen atoms in total. The van der Waals surface area contributed by atoms with Gasteiger partial charge in [0.25, 0.3) is 0 Å². The van der Waals surface area contributed by atoms with Crippen LogP contribution in [-0.4, -0.2) is 54.2 Å². The van der Waals surface area contributed by atoms with Crippen LogP contribution in [-0.2, 0) is 4.74 Å². The van der Waals surface area contributed by atoms with Crippen LogP contribution >= 0.6 is 0 Å². The monoisotopic (exact) mass is 306 g/mol. The number of ether oxygens (including phenoxy) is 1. The molecule has 0 radical (unpaired) electrons. The fraction of sp³-hybridized carbons (Fsp3) is 0.600. The Hall–Kier alpha value is -0.721. The van der Waals surface area contributed by atoms with E-state index in [0.29, 0.717) is 10.6 Å². The molecule has 1 aromatic rings. The Bertz CT molecular complexity index is 524. The Balaban J connectivity index is 2.34. The molecular weight excluding hydrogens is 291 g/mol. The molecule has 2 heterocycles. The van der Waals surface area contributed by atoms with E-state index in [9.17, 15) is 9.90 Å². The molecule has 3 atom stereocenters. The van der Waals surface area contributed by atoms with E-state index in [1.165, 1.54) is 4.57 Å². The van der Waals surface area contributed by atoms with Gasteiger partial charge in [0.1, 0.15) is 0 Å². The molecule has 94 valence electrons. The summed E-state index contributed by atoms with van der Waals surface area (Å²) in [5.41, 5.74) is 0.579. The quantitative estimate of drug-likeness (QED) is 0.601. The van der Waals surface area contributed by atoms with Crippen LogP contribution in [0.1, 0.15) is 18.2 Å². The second-order valence-corrected chi connectivity index (χ2v) is 4.95. The predicted octanol–water partition coefficient (Wildman–Crippen LogP) is -1.17. The summed E-state index contributed by atoms with van der Waals surface area (Å²) in [7, 11) is 0. The van der Waals surface area contributed by atoms with Crippen molar-refractivity contribution in [3.63, 3.8) is 0 Å². The van der Waals surface area contributed by atoms with Gasteiger partial charge in [-0.25, -0.2) is 0 Å². The van der Waals surface area contributed by atoms with Crippen molar-refractivity contribution in [1.29, 1.82) is 0 Å². The van der Waals surface area contributed by atoms with Crippen molar-refractivity contribution in [2.75, 3.05) is 6.61 Å². The molecule has 1 aromatic heterocycles. The molecule has 0 saturated carbocycles. The minimum absolute atomic E-state index is 0.255. The van der Waals surface area contributed by atoms with Gasteiger partial charge >= 0.3 is 105 Å². The number of aromatic nitrogens is 2. The minimum atomic E-state index is -0.745. The average molecular weight is 305 g/mol. The first-order valence-corrected chi connectivity index (χ1v) is 6.15. The van der Waals surface area contributed by atoms with E-state index in [0.717, 1.165) is 5.56 Å². The standard InChI is InChI=1S/C10H14N2O4Se/c1-5-3-12(10(15)11-9(5)17)8-2-6(14)7(4-13)16-8/h3,6-8,13-14H,2,4H2,1H3,(H,11,15,17)/t6-,7+,8+/m0/s1. The summed E-state index contributed by atoms with van der Waals surface area (Å²) in [5.74, 6) is 0. The number of nitrogens with zero attached hydrogens (tertiary/aromatic N) is 1. The molecule has 0 aliphatic carbocycles. The molecule has 1 saturated heterocycles. The molecule has 0 amide bonds. The number of aryl methyl sites for hydroxylation is 1. The maximum atomic E-state index is 11.7. The van der Waals surface area contributed by atoms with Gasteiger partial charge < -0.3 is 0 Å². The van der Waals surface area contributed by atoms with E-state index < -0.39 is 18.4 Å². The summed E-state index contributed by atoms with van der Waals surface area (Å²) in [6.07, 6.45) is 0.0582. The number of aliphatic hydroxyl groups excluding tert-OH is 2. The van der Waals surface area contributed by atoms with Crippen LogP contribution in [0.2, 0.25) is 0 Å². The Morgan fingerprint density at radius 2 is 2.41 bits per heavy atom. The van der Waals surface area contributed by atoms with E-state index in [1.54, 1.807) is 6.20 Å². The molecule has 0 bridgehead atoms. The molecule has 17 heavy (non-hydrogen) atoms. The third-order valence-corrected chi connectivity index (χ3v) is 3.73. The third-order valence-electron chi connectivity index (χ3n) is 2.84. The number of hydrogen-bond acceptors (Lipinski definition) is 4. The molecule has 3 N–H and O–H groups in total. The summed E-state index contributed by atoms with van der Waals surface area (Å²) in [6.45, 7) is 1.60. The van der Waals surface area contributed by atoms with Crippen molar-refractivity contribution in [2.45, 2.75) is 31.8 Å². The zero-order chi connectivity index (χ0) is 12.6. The van der Waals surface area contributed by atoms with Gasteiger partial charge in [-0.05, 0) is 0 Å². The van der Waals surface area contributed by atoms with Crippen LogP contribution in [0, 0.1) is 11.1 Å². The van der Waals surface area contributed by atoms with Gasteiger partial charge in [-0.1, -0.05) is 0 Å². The molecule has 7 heteroatoms. The van der Waals surface area contributed by atoms with Gasteiger partial charge in [0, 0.05) is 0 Å². The first-order valence-electron chi connectivity index (χ1n) is 5.29. The zero-order valence-corrected chi connectivity index (χ0v) is 11.0. The summed E-state index contributed by atoms with van der Waals surface area (Å²) in [6, 6.07) is 0. The summed E-state index contributed by atoms with van der Waals surface area (Å²) >= 11 is 2.76. The van der Waals surface area contributed by atoms with Crippen LogP contribution in [0.25, 0.3) is 0 Å². The van der Waals surface area contributed by atoms with Crippen molar-refractivity contribution in [3.8, 4) is 0 Å². The molecule has 2 rings (SSSR count). The second-order valence-electron chi connectivity index (χ2n) is 4.09. The van der Waals surface area contributed by atoms with E-state index in [1.807, 2.05) is 6.92 Å². The summed E-state index contributed by atoms with van der Waals surface area (Å²) < 4.78 is 7.50. The number of nitrogens with one attached hydrogen (secondary N) is 1. The number of aromatic amines is 1. The average Bonchev–Trinajstić information content (AvgIpc) is 2.65. The molecule has 0 aromatic carbocycles. The van der Waals surface area contributed by atoms with Gasteiger partial charge in [-0.3, -0.25) is 0 Å². The Morgan fingerprint density at radius 1 is 1.71 bits per heavy atom. The number of rotatable bonds is 2. The van der Waals surface area contributed by atoms with Crippen LogP contribution in [0.5, 0.6) is 0 Å². The van der Waals surface area contributed by atoms with Gasteiger partial charge in [-0.15, -0.1) is 0 Å². The van der Waals surface area contributed by atoms with E-state index >= 15 is 0 Å². The van der Waals surface area contributed by atoms with Crippen LogP contribution in [0.3, 0.4) is 0 Å². The molecule has 0 spiro atoms. The van der Waals surface area contributed by atoms with Gasteiger partial charge in [0.05, 0.1) is 0 Å². The van der Waals surface area contributed by atoms with Crippen molar-refractivity contribution < 1.29 is 14.9 Å².